The van der Waals surface area contributed by atoms with Crippen LogP contribution in [0.3, 0.4) is 0 Å². The van der Waals surface area contributed by atoms with Gasteiger partial charge in [-0.15, -0.1) is 0 Å². The highest BCUT2D eigenvalue weighted by Gasteiger charge is 2.37. The van der Waals surface area contributed by atoms with Crippen LogP contribution in [0.2, 0.25) is 0 Å². The van der Waals surface area contributed by atoms with Crippen LogP contribution in [0.4, 0.5) is 0 Å². The average molecular weight is 261 g/mol. The predicted octanol–water partition coefficient (Wildman–Crippen LogP) is 1.24. The van der Waals surface area contributed by atoms with Crippen molar-refractivity contribution in [2.75, 3.05) is 19.6 Å². The maximum atomic E-state index is 12.5. The molecule has 0 aromatic carbocycles. The first-order chi connectivity index (χ1) is 9.27. The van der Waals surface area contributed by atoms with Gasteiger partial charge in [-0.3, -0.25) is 9.59 Å². The Morgan fingerprint density at radius 2 is 1.95 bits per heavy atom. The molecule has 0 saturated carbocycles. The van der Waals surface area contributed by atoms with Crippen LogP contribution in [0, 0.1) is 0 Å². The molecule has 2 aliphatic rings. The molecule has 19 heavy (non-hydrogen) atoms. The first-order valence-electron chi connectivity index (χ1n) is 7.00. The first-order valence-corrected chi connectivity index (χ1v) is 7.00. The smallest absolute Gasteiger partial charge is 0.270 e. The van der Waals surface area contributed by atoms with Crippen molar-refractivity contribution in [2.45, 2.75) is 31.7 Å². The number of amides is 2. The zero-order valence-electron chi connectivity index (χ0n) is 11.0. The minimum atomic E-state index is -0.256. The minimum absolute atomic E-state index is 0.0555. The van der Waals surface area contributed by atoms with Gasteiger partial charge in [-0.1, -0.05) is 0 Å². The molecule has 2 amide bonds. The third-order valence-corrected chi connectivity index (χ3v) is 4.04. The van der Waals surface area contributed by atoms with E-state index in [-0.39, 0.29) is 17.9 Å². The van der Waals surface area contributed by atoms with E-state index in [0.29, 0.717) is 12.2 Å². The van der Waals surface area contributed by atoms with Gasteiger partial charge in [0.15, 0.2) is 0 Å². The Labute approximate surface area is 112 Å². The van der Waals surface area contributed by atoms with Crippen LogP contribution in [0.5, 0.6) is 0 Å². The van der Waals surface area contributed by atoms with Crippen molar-refractivity contribution in [1.29, 1.82) is 0 Å². The standard InChI is InChI=1S/C14H19N3O2/c18-13(11-5-3-7-15-11)17-10-4-6-12(17)14(19)16-8-1-2-9-16/h3,5,7,12,15H,1-2,4,6,8-10H2. The van der Waals surface area contributed by atoms with Crippen molar-refractivity contribution in [3.8, 4) is 0 Å². The van der Waals surface area contributed by atoms with Crippen molar-refractivity contribution < 1.29 is 9.59 Å². The van der Waals surface area contributed by atoms with Crippen molar-refractivity contribution in [2.24, 2.45) is 0 Å². The minimum Gasteiger partial charge on any atom is -0.357 e. The van der Waals surface area contributed by atoms with E-state index in [1.54, 1.807) is 23.2 Å². The Morgan fingerprint density at radius 3 is 2.63 bits per heavy atom. The summed E-state index contributed by atoms with van der Waals surface area (Å²) >= 11 is 0. The van der Waals surface area contributed by atoms with E-state index >= 15 is 0 Å². The fraction of sp³-hybridized carbons (Fsp3) is 0.571. The highest BCUT2D eigenvalue weighted by molar-refractivity contribution is 5.96. The van der Waals surface area contributed by atoms with E-state index in [1.165, 1.54) is 0 Å². The highest BCUT2D eigenvalue weighted by atomic mass is 16.2. The van der Waals surface area contributed by atoms with E-state index < -0.39 is 0 Å². The molecule has 0 aliphatic carbocycles. The lowest BCUT2D eigenvalue weighted by molar-refractivity contribution is -0.134. The molecule has 2 aliphatic heterocycles. The van der Waals surface area contributed by atoms with Gasteiger partial charge < -0.3 is 14.8 Å². The molecule has 1 atom stereocenters. The van der Waals surface area contributed by atoms with Gasteiger partial charge in [0.2, 0.25) is 5.91 Å². The highest BCUT2D eigenvalue weighted by Crippen LogP contribution is 2.23. The molecule has 0 radical (unpaired) electrons. The number of nitrogens with one attached hydrogen (secondary N) is 1. The molecule has 1 N–H and O–H groups in total. The second-order valence-electron chi connectivity index (χ2n) is 5.27. The Kier molecular flexibility index (Phi) is 3.27. The molecule has 1 aromatic heterocycles. The average Bonchev–Trinajstić information content (AvgIpc) is 3.16. The van der Waals surface area contributed by atoms with Gasteiger partial charge in [0.25, 0.3) is 5.91 Å². The second-order valence-corrected chi connectivity index (χ2v) is 5.27. The molecular formula is C14H19N3O2. The number of carbonyl (C=O) groups excluding carboxylic acids is 2. The first kappa shape index (κ1) is 12.3. The Morgan fingerprint density at radius 1 is 1.16 bits per heavy atom. The topological polar surface area (TPSA) is 56.4 Å². The monoisotopic (exact) mass is 261 g/mol. The summed E-state index contributed by atoms with van der Waals surface area (Å²) < 4.78 is 0. The normalized spacial score (nSPS) is 23.1. The third kappa shape index (κ3) is 2.25. The van der Waals surface area contributed by atoms with Crippen molar-refractivity contribution in [3.05, 3.63) is 24.0 Å². The number of hydrogen-bond acceptors (Lipinski definition) is 2. The lowest BCUT2D eigenvalue weighted by Crippen LogP contribution is -2.47. The maximum Gasteiger partial charge on any atom is 0.270 e. The van der Waals surface area contributed by atoms with Gasteiger partial charge in [0.05, 0.1) is 0 Å². The molecule has 1 unspecified atom stereocenters. The fourth-order valence-electron chi connectivity index (χ4n) is 3.03. The van der Waals surface area contributed by atoms with Crippen molar-refractivity contribution >= 4 is 11.8 Å². The van der Waals surface area contributed by atoms with E-state index in [9.17, 15) is 9.59 Å². The van der Waals surface area contributed by atoms with Gasteiger partial charge in [0.1, 0.15) is 11.7 Å². The lowest BCUT2D eigenvalue weighted by Gasteiger charge is -2.27. The molecule has 5 nitrogen and oxygen atoms in total. The van der Waals surface area contributed by atoms with Crippen LogP contribution in [0.25, 0.3) is 0 Å². The predicted molar refractivity (Wildman–Crippen MR) is 70.7 cm³/mol. The van der Waals surface area contributed by atoms with Crippen LogP contribution < -0.4 is 0 Å². The van der Waals surface area contributed by atoms with Crippen molar-refractivity contribution in [1.82, 2.24) is 14.8 Å². The fourth-order valence-corrected chi connectivity index (χ4v) is 3.03. The van der Waals surface area contributed by atoms with Crippen LogP contribution in [-0.4, -0.2) is 52.3 Å². The lowest BCUT2D eigenvalue weighted by atomic mass is 10.2. The maximum absolute atomic E-state index is 12.5. The largest absolute Gasteiger partial charge is 0.357 e. The third-order valence-electron chi connectivity index (χ3n) is 4.04. The van der Waals surface area contributed by atoms with E-state index in [4.69, 9.17) is 0 Å². The molecule has 1 aromatic rings. The zero-order valence-corrected chi connectivity index (χ0v) is 11.0. The number of hydrogen-bond donors (Lipinski definition) is 1. The molecule has 3 heterocycles. The summed E-state index contributed by atoms with van der Waals surface area (Å²) in [4.78, 5) is 31.4. The molecular weight excluding hydrogens is 242 g/mol. The number of likely N-dealkylation sites (tertiary alicyclic amines) is 2. The molecule has 3 rings (SSSR count). The van der Waals surface area contributed by atoms with Crippen LogP contribution in [0.1, 0.15) is 36.2 Å². The Hall–Kier alpha value is -1.78. The molecule has 2 saturated heterocycles. The number of nitrogens with zero attached hydrogens (tertiary/aromatic N) is 2. The number of carbonyl (C=O) groups is 2. The van der Waals surface area contributed by atoms with Crippen molar-refractivity contribution in [3.63, 3.8) is 0 Å². The van der Waals surface area contributed by atoms with E-state index in [0.717, 1.165) is 38.8 Å². The van der Waals surface area contributed by atoms with E-state index in [1.807, 2.05) is 4.90 Å². The summed E-state index contributed by atoms with van der Waals surface area (Å²) in [6, 6.07) is 3.31. The van der Waals surface area contributed by atoms with Gasteiger partial charge in [0, 0.05) is 25.8 Å². The molecule has 0 bridgehead atoms. The molecule has 5 heteroatoms. The van der Waals surface area contributed by atoms with Gasteiger partial charge in [-0.25, -0.2) is 0 Å². The molecule has 2 fully saturated rings. The van der Waals surface area contributed by atoms with Gasteiger partial charge in [-0.05, 0) is 37.8 Å². The summed E-state index contributed by atoms with van der Waals surface area (Å²) in [5.74, 6) is 0.0787. The van der Waals surface area contributed by atoms with E-state index in [2.05, 4.69) is 4.98 Å². The molecule has 102 valence electrons. The van der Waals surface area contributed by atoms with Crippen LogP contribution >= 0.6 is 0 Å². The Balaban J connectivity index is 1.74. The summed E-state index contributed by atoms with van der Waals surface area (Å²) in [5, 5.41) is 0. The quantitative estimate of drug-likeness (QED) is 0.871. The number of H-pyrrole nitrogens is 1. The SMILES string of the molecule is O=C(C1CCCN1C(=O)c1ccc[nH]1)N1CCCC1. The van der Waals surface area contributed by atoms with Crippen LogP contribution in [-0.2, 0) is 4.79 Å². The summed E-state index contributed by atoms with van der Waals surface area (Å²) in [6.07, 6.45) is 5.62. The summed E-state index contributed by atoms with van der Waals surface area (Å²) in [5.41, 5.74) is 0.570. The Bertz CT molecular complexity index is 463. The zero-order chi connectivity index (χ0) is 13.2. The van der Waals surface area contributed by atoms with Gasteiger partial charge in [-0.2, -0.15) is 0 Å². The second kappa shape index (κ2) is 5.07. The molecule has 0 spiro atoms. The van der Waals surface area contributed by atoms with Crippen LogP contribution in [0.15, 0.2) is 18.3 Å². The summed E-state index contributed by atoms with van der Waals surface area (Å²) in [6.45, 7) is 2.38. The van der Waals surface area contributed by atoms with Gasteiger partial charge >= 0.3 is 0 Å². The number of aromatic amines is 1. The number of rotatable bonds is 2. The summed E-state index contributed by atoms with van der Waals surface area (Å²) in [7, 11) is 0. The number of aromatic nitrogens is 1.